The van der Waals surface area contributed by atoms with E-state index in [0.717, 1.165) is 12.1 Å². The average molecular weight is 369 g/mol. The van der Waals surface area contributed by atoms with Crippen molar-refractivity contribution in [2.24, 2.45) is 7.05 Å². The Labute approximate surface area is 150 Å². The molecule has 0 unspecified atom stereocenters. The van der Waals surface area contributed by atoms with Crippen molar-refractivity contribution in [1.82, 2.24) is 19.7 Å². The highest BCUT2D eigenvalue weighted by atomic mass is 19.1. The van der Waals surface area contributed by atoms with Crippen molar-refractivity contribution < 1.29 is 13.6 Å². The zero-order valence-corrected chi connectivity index (χ0v) is 14.0. The van der Waals surface area contributed by atoms with Crippen LogP contribution in [0.3, 0.4) is 0 Å². The molecule has 0 bridgehead atoms. The van der Waals surface area contributed by atoms with Crippen molar-refractivity contribution in [2.75, 3.05) is 5.32 Å². The van der Waals surface area contributed by atoms with Crippen molar-refractivity contribution in [1.29, 1.82) is 0 Å². The Morgan fingerprint density at radius 3 is 2.63 bits per heavy atom. The molecule has 2 aromatic heterocycles. The number of fused-ring (bicyclic) bond motifs is 1. The molecule has 2 aromatic carbocycles. The molecule has 0 atom stereocenters. The number of aryl methyl sites for hydroxylation is 1. The molecule has 0 fully saturated rings. The highest BCUT2D eigenvalue weighted by molar-refractivity contribution is 6.05. The lowest BCUT2D eigenvalue weighted by atomic mass is 10.1. The lowest BCUT2D eigenvalue weighted by molar-refractivity contribution is 0.102. The molecular formula is C18H13F2N5O2. The predicted molar refractivity (Wildman–Crippen MR) is 95.4 cm³/mol. The number of hydrogen-bond acceptors (Lipinski definition) is 3. The van der Waals surface area contributed by atoms with Crippen LogP contribution in [-0.4, -0.2) is 25.7 Å². The first-order valence-electron chi connectivity index (χ1n) is 7.94. The van der Waals surface area contributed by atoms with Crippen LogP contribution < -0.4 is 11.0 Å². The summed E-state index contributed by atoms with van der Waals surface area (Å²) in [4.78, 5) is 26.7. The molecule has 0 spiro atoms. The smallest absolute Gasteiger partial charge is 0.306 e. The molecule has 7 nitrogen and oxygen atoms in total. The Kier molecular flexibility index (Phi) is 3.84. The molecule has 2 heterocycles. The summed E-state index contributed by atoms with van der Waals surface area (Å²) in [6, 6.07) is 9.61. The minimum absolute atomic E-state index is 0.101. The summed E-state index contributed by atoms with van der Waals surface area (Å²) in [5, 5.41) is 8.92. The summed E-state index contributed by atoms with van der Waals surface area (Å²) in [7, 11) is 1.62. The lowest BCUT2D eigenvalue weighted by Crippen LogP contribution is -2.12. The molecule has 4 aromatic rings. The monoisotopic (exact) mass is 369 g/mol. The van der Waals surface area contributed by atoms with Gasteiger partial charge in [0.15, 0.2) is 5.82 Å². The number of carbonyl (C=O) groups is 1. The van der Waals surface area contributed by atoms with Crippen LogP contribution in [-0.2, 0) is 7.05 Å². The van der Waals surface area contributed by atoms with Crippen LogP contribution in [0.25, 0.3) is 22.3 Å². The molecule has 0 aliphatic heterocycles. The van der Waals surface area contributed by atoms with Gasteiger partial charge in [0.25, 0.3) is 5.91 Å². The number of benzene rings is 2. The molecule has 0 saturated heterocycles. The van der Waals surface area contributed by atoms with Gasteiger partial charge >= 0.3 is 5.69 Å². The first-order chi connectivity index (χ1) is 12.9. The molecule has 3 N–H and O–H groups in total. The first kappa shape index (κ1) is 16.7. The standard InChI is InChI=1S/C18H13F2N5O2/c1-25-14-6-5-9(7-12(14)21-18(25)27)17(26)22-15-8-13(23-24-15)16-10(19)3-2-4-11(16)20/h2-8H,1H3,(H,21,27)(H2,22,23,24,26). The topological polar surface area (TPSA) is 95.6 Å². The third kappa shape index (κ3) is 2.88. The van der Waals surface area contributed by atoms with E-state index in [2.05, 4.69) is 20.5 Å². The van der Waals surface area contributed by atoms with Gasteiger partial charge < -0.3 is 10.3 Å². The fourth-order valence-corrected chi connectivity index (χ4v) is 2.84. The maximum absolute atomic E-state index is 13.8. The third-order valence-electron chi connectivity index (χ3n) is 4.22. The first-order valence-corrected chi connectivity index (χ1v) is 7.94. The van der Waals surface area contributed by atoms with Crippen molar-refractivity contribution >= 4 is 22.8 Å². The van der Waals surface area contributed by atoms with Crippen LogP contribution in [0.2, 0.25) is 0 Å². The van der Waals surface area contributed by atoms with E-state index in [-0.39, 0.29) is 22.8 Å². The van der Waals surface area contributed by atoms with Gasteiger partial charge in [-0.3, -0.25) is 14.5 Å². The summed E-state index contributed by atoms with van der Waals surface area (Å²) in [6.07, 6.45) is 0. The number of hydrogen-bond donors (Lipinski definition) is 3. The zero-order chi connectivity index (χ0) is 19.1. The van der Waals surface area contributed by atoms with Gasteiger partial charge in [-0.1, -0.05) is 6.07 Å². The van der Waals surface area contributed by atoms with Gasteiger partial charge in [-0.25, -0.2) is 13.6 Å². The number of halogens is 2. The van der Waals surface area contributed by atoms with Crippen LogP contribution in [0.4, 0.5) is 14.6 Å². The van der Waals surface area contributed by atoms with E-state index in [4.69, 9.17) is 0 Å². The Hall–Kier alpha value is -3.75. The zero-order valence-electron chi connectivity index (χ0n) is 14.0. The molecule has 0 aliphatic rings. The van der Waals surface area contributed by atoms with E-state index in [1.807, 2.05) is 0 Å². The van der Waals surface area contributed by atoms with Gasteiger partial charge in [0, 0.05) is 18.7 Å². The molecule has 136 valence electrons. The van der Waals surface area contributed by atoms with Crippen LogP contribution in [0.1, 0.15) is 10.4 Å². The molecular weight excluding hydrogens is 356 g/mol. The third-order valence-corrected chi connectivity index (χ3v) is 4.22. The Balaban J connectivity index is 1.61. The minimum atomic E-state index is -0.741. The number of aromatic nitrogens is 4. The Bertz CT molecular complexity index is 1220. The fraction of sp³-hybridized carbons (Fsp3) is 0.0556. The van der Waals surface area contributed by atoms with Crippen LogP contribution >= 0.6 is 0 Å². The maximum atomic E-state index is 13.8. The second-order valence-electron chi connectivity index (χ2n) is 5.94. The summed E-state index contributed by atoms with van der Waals surface area (Å²) < 4.78 is 29.1. The molecule has 4 rings (SSSR count). The molecule has 0 radical (unpaired) electrons. The average Bonchev–Trinajstić information content (AvgIpc) is 3.19. The quantitative estimate of drug-likeness (QED) is 0.518. The Morgan fingerprint density at radius 1 is 1.15 bits per heavy atom. The lowest BCUT2D eigenvalue weighted by Gasteiger charge is -2.02. The van der Waals surface area contributed by atoms with E-state index in [0.29, 0.717) is 16.6 Å². The minimum Gasteiger partial charge on any atom is -0.306 e. The summed E-state index contributed by atoms with van der Waals surface area (Å²) in [5.41, 5.74) is 1.04. The van der Waals surface area contributed by atoms with Gasteiger partial charge in [-0.2, -0.15) is 5.10 Å². The second-order valence-corrected chi connectivity index (χ2v) is 5.94. The van der Waals surface area contributed by atoms with Crippen molar-refractivity contribution in [2.45, 2.75) is 0 Å². The number of nitrogens with zero attached hydrogens (tertiary/aromatic N) is 2. The van der Waals surface area contributed by atoms with E-state index in [1.54, 1.807) is 19.2 Å². The van der Waals surface area contributed by atoms with Crippen LogP contribution in [0, 0.1) is 11.6 Å². The summed E-state index contributed by atoms with van der Waals surface area (Å²) in [6.45, 7) is 0. The number of anilines is 1. The number of aromatic amines is 2. The van der Waals surface area contributed by atoms with E-state index < -0.39 is 17.5 Å². The predicted octanol–water partition coefficient (Wildman–Crippen LogP) is 2.79. The highest BCUT2D eigenvalue weighted by Crippen LogP contribution is 2.26. The maximum Gasteiger partial charge on any atom is 0.326 e. The van der Waals surface area contributed by atoms with Crippen LogP contribution in [0.5, 0.6) is 0 Å². The number of amides is 1. The fourth-order valence-electron chi connectivity index (χ4n) is 2.84. The SMILES string of the molecule is Cn1c(=O)[nH]c2cc(C(=O)Nc3cc(-c4c(F)cccc4F)[nH]n3)ccc21. The van der Waals surface area contributed by atoms with Crippen molar-refractivity contribution in [3.8, 4) is 11.3 Å². The Morgan fingerprint density at radius 2 is 1.89 bits per heavy atom. The van der Waals surface area contributed by atoms with Gasteiger partial charge in [0.05, 0.1) is 22.3 Å². The number of H-pyrrole nitrogens is 2. The van der Waals surface area contributed by atoms with Gasteiger partial charge in [0.2, 0.25) is 0 Å². The molecule has 1 amide bonds. The van der Waals surface area contributed by atoms with Crippen LogP contribution in [0.15, 0.2) is 47.3 Å². The van der Waals surface area contributed by atoms with E-state index >= 15 is 0 Å². The molecule has 0 saturated carbocycles. The second kappa shape index (κ2) is 6.20. The summed E-state index contributed by atoms with van der Waals surface area (Å²) >= 11 is 0. The van der Waals surface area contributed by atoms with Gasteiger partial charge in [-0.15, -0.1) is 0 Å². The van der Waals surface area contributed by atoms with E-state index in [9.17, 15) is 18.4 Å². The summed E-state index contributed by atoms with van der Waals surface area (Å²) in [5.74, 6) is -1.85. The number of imidazole rings is 1. The largest absolute Gasteiger partial charge is 0.326 e. The van der Waals surface area contributed by atoms with Crippen molar-refractivity contribution in [3.63, 3.8) is 0 Å². The van der Waals surface area contributed by atoms with E-state index in [1.165, 1.54) is 22.8 Å². The number of rotatable bonds is 3. The number of nitrogens with one attached hydrogen (secondary N) is 3. The number of carbonyl (C=O) groups excluding carboxylic acids is 1. The molecule has 0 aliphatic carbocycles. The molecule has 27 heavy (non-hydrogen) atoms. The van der Waals surface area contributed by atoms with Gasteiger partial charge in [-0.05, 0) is 30.3 Å². The van der Waals surface area contributed by atoms with Crippen molar-refractivity contribution in [3.05, 3.63) is 70.1 Å². The highest BCUT2D eigenvalue weighted by Gasteiger charge is 2.16. The van der Waals surface area contributed by atoms with Gasteiger partial charge in [0.1, 0.15) is 11.6 Å². The normalized spacial score (nSPS) is 11.1. The molecule has 9 heteroatoms.